The van der Waals surface area contributed by atoms with E-state index in [2.05, 4.69) is 10.3 Å². The van der Waals surface area contributed by atoms with E-state index in [9.17, 15) is 14.4 Å². The third kappa shape index (κ3) is 4.40. The van der Waals surface area contributed by atoms with Crippen LogP contribution in [0.15, 0.2) is 53.5 Å². The zero-order valence-corrected chi connectivity index (χ0v) is 15.9. The van der Waals surface area contributed by atoms with Crippen LogP contribution in [-0.2, 0) is 14.3 Å². The van der Waals surface area contributed by atoms with Gasteiger partial charge in [-0.05, 0) is 24.3 Å². The van der Waals surface area contributed by atoms with Crippen LogP contribution in [0.4, 0.5) is 11.4 Å². The lowest BCUT2D eigenvalue weighted by Gasteiger charge is -2.12. The maximum Gasteiger partial charge on any atom is 0.315 e. The molecule has 2 aromatic carbocycles. The molecule has 2 aromatic rings. The zero-order valence-electron chi connectivity index (χ0n) is 15.1. The number of carbonyl (C=O) groups excluding carboxylic acids is 3. The van der Waals surface area contributed by atoms with Gasteiger partial charge in [0.15, 0.2) is 5.75 Å². The lowest BCUT2D eigenvalue weighted by atomic mass is 10.1. The number of esters is 1. The van der Waals surface area contributed by atoms with Crippen molar-refractivity contribution in [3.63, 3.8) is 0 Å². The van der Waals surface area contributed by atoms with Gasteiger partial charge < -0.3 is 14.8 Å². The second-order valence-corrected chi connectivity index (χ2v) is 6.91. The average Bonchev–Trinajstić information content (AvgIpc) is 3.17. The summed E-state index contributed by atoms with van der Waals surface area (Å²) in [5, 5.41) is 2.73. The van der Waals surface area contributed by atoms with Crippen LogP contribution in [0.2, 0.25) is 0 Å². The minimum absolute atomic E-state index is 0.243. The van der Waals surface area contributed by atoms with Gasteiger partial charge in [-0.2, -0.15) is 11.8 Å². The Morgan fingerprint density at radius 2 is 1.93 bits per heavy atom. The van der Waals surface area contributed by atoms with E-state index >= 15 is 0 Å². The maximum absolute atomic E-state index is 12.8. The van der Waals surface area contributed by atoms with E-state index in [1.165, 1.54) is 7.11 Å². The van der Waals surface area contributed by atoms with E-state index < -0.39 is 11.8 Å². The molecule has 8 heteroatoms. The highest BCUT2D eigenvalue weighted by atomic mass is 32.2. The van der Waals surface area contributed by atoms with Crippen molar-refractivity contribution in [2.45, 2.75) is 0 Å². The number of aliphatic imine (C=N–C) groups is 1. The summed E-state index contributed by atoms with van der Waals surface area (Å²) in [4.78, 5) is 40.0. The fraction of sp³-hybridized carbons (Fsp3) is 0.200. The number of para-hydroxylation sites is 3. The van der Waals surface area contributed by atoms with Crippen molar-refractivity contribution in [2.75, 3.05) is 23.9 Å². The molecule has 1 fully saturated rings. The summed E-state index contributed by atoms with van der Waals surface area (Å²) in [7, 11) is 1.35. The predicted molar refractivity (Wildman–Crippen MR) is 107 cm³/mol. The number of amides is 1. The number of nitrogens with one attached hydrogen (secondary N) is 1. The molecule has 7 nitrogen and oxygen atoms in total. The van der Waals surface area contributed by atoms with Crippen LogP contribution in [-0.4, -0.2) is 42.7 Å². The van der Waals surface area contributed by atoms with Gasteiger partial charge in [0.25, 0.3) is 12.4 Å². The summed E-state index contributed by atoms with van der Waals surface area (Å²) in [6.07, 6.45) is 0. The van der Waals surface area contributed by atoms with Crippen molar-refractivity contribution >= 4 is 47.2 Å². The maximum atomic E-state index is 12.8. The normalized spacial score (nSPS) is 17.2. The van der Waals surface area contributed by atoms with E-state index in [-0.39, 0.29) is 11.7 Å². The van der Waals surface area contributed by atoms with Crippen LogP contribution < -0.4 is 10.1 Å². The number of nitrogens with zero attached hydrogens (tertiary/aromatic N) is 1. The van der Waals surface area contributed by atoms with Crippen molar-refractivity contribution in [3.8, 4) is 5.75 Å². The summed E-state index contributed by atoms with van der Waals surface area (Å²) in [5.74, 6) is 0.315. The zero-order chi connectivity index (χ0) is 19.9. The third-order valence-electron chi connectivity index (χ3n) is 4.15. The molecule has 1 unspecified atom stereocenters. The van der Waals surface area contributed by atoms with Gasteiger partial charge >= 0.3 is 5.97 Å². The number of methoxy groups -OCH3 is 1. The molecular formula is C20H18N2O5S. The molecule has 3 rings (SSSR count). The Labute approximate surface area is 166 Å². The molecule has 0 aromatic heterocycles. The number of hydrogen-bond acceptors (Lipinski definition) is 7. The molecule has 1 aliphatic heterocycles. The molecule has 144 valence electrons. The lowest BCUT2D eigenvalue weighted by Crippen LogP contribution is -2.23. The Kier molecular flexibility index (Phi) is 6.44. The summed E-state index contributed by atoms with van der Waals surface area (Å²) in [6.45, 7) is 0.301. The largest absolute Gasteiger partial charge is 0.468 e. The molecule has 1 atom stereocenters. The Hall–Kier alpha value is -3.13. The first kappa shape index (κ1) is 19.6. The van der Waals surface area contributed by atoms with Gasteiger partial charge in [-0.1, -0.05) is 24.3 Å². The summed E-state index contributed by atoms with van der Waals surface area (Å²) in [5.41, 5.74) is 1.85. The Bertz CT molecular complexity index is 928. The van der Waals surface area contributed by atoms with Gasteiger partial charge in [0, 0.05) is 17.2 Å². The number of ether oxygens (including phenoxy) is 2. The first-order valence-corrected chi connectivity index (χ1v) is 9.62. The van der Waals surface area contributed by atoms with E-state index in [0.717, 1.165) is 0 Å². The number of benzene rings is 2. The van der Waals surface area contributed by atoms with Crippen molar-refractivity contribution in [1.29, 1.82) is 0 Å². The van der Waals surface area contributed by atoms with Crippen molar-refractivity contribution in [2.24, 2.45) is 10.9 Å². The van der Waals surface area contributed by atoms with Gasteiger partial charge in [0.1, 0.15) is 5.92 Å². The molecule has 0 radical (unpaired) electrons. The molecule has 0 bridgehead atoms. The summed E-state index contributed by atoms with van der Waals surface area (Å²) >= 11 is 1.60. The minimum Gasteiger partial charge on any atom is -0.468 e. The van der Waals surface area contributed by atoms with Gasteiger partial charge in [-0.15, -0.1) is 0 Å². The van der Waals surface area contributed by atoms with Crippen molar-refractivity contribution in [3.05, 3.63) is 54.1 Å². The molecule has 0 saturated carbocycles. The fourth-order valence-corrected chi connectivity index (χ4v) is 3.92. The van der Waals surface area contributed by atoms with Crippen molar-refractivity contribution in [1.82, 2.24) is 0 Å². The third-order valence-corrected chi connectivity index (χ3v) is 5.21. The topological polar surface area (TPSA) is 94.1 Å². The highest BCUT2D eigenvalue weighted by Gasteiger charge is 2.31. The van der Waals surface area contributed by atoms with Crippen LogP contribution >= 0.6 is 11.8 Å². The predicted octanol–water partition coefficient (Wildman–Crippen LogP) is 3.08. The Balaban J connectivity index is 1.88. The van der Waals surface area contributed by atoms with E-state index in [4.69, 9.17) is 9.47 Å². The highest BCUT2D eigenvalue weighted by Crippen LogP contribution is 2.29. The molecule has 1 N–H and O–H groups in total. The number of thioether (sulfide) groups is 1. The van der Waals surface area contributed by atoms with Crippen LogP contribution in [0.5, 0.6) is 5.75 Å². The SMILES string of the molecule is COC(=O)C1CSCC1=Nc1ccccc1C(=O)Nc1ccccc1OC=O. The van der Waals surface area contributed by atoms with Crippen molar-refractivity contribution < 1.29 is 23.9 Å². The number of anilines is 1. The molecule has 1 saturated heterocycles. The Morgan fingerprint density at radius 1 is 1.18 bits per heavy atom. The second-order valence-electron chi connectivity index (χ2n) is 5.88. The van der Waals surface area contributed by atoms with Crippen LogP contribution in [0.25, 0.3) is 0 Å². The van der Waals surface area contributed by atoms with E-state index in [1.54, 1.807) is 60.3 Å². The highest BCUT2D eigenvalue weighted by molar-refractivity contribution is 8.00. The van der Waals surface area contributed by atoms with Gasteiger partial charge in [-0.3, -0.25) is 19.4 Å². The standard InChI is InChI=1S/C20H18N2O5S/c1-26-20(25)14-10-28-11-17(14)21-15-7-3-2-6-13(15)19(24)22-16-8-4-5-9-18(16)27-12-23/h2-9,12,14H,10-11H2,1H3,(H,22,24). The van der Waals surface area contributed by atoms with E-state index in [0.29, 0.717) is 40.6 Å². The first-order chi connectivity index (χ1) is 13.6. The van der Waals surface area contributed by atoms with Gasteiger partial charge in [0.05, 0.1) is 24.0 Å². The quantitative estimate of drug-likeness (QED) is 0.594. The number of hydrogen-bond donors (Lipinski definition) is 1. The lowest BCUT2D eigenvalue weighted by molar-refractivity contribution is -0.142. The van der Waals surface area contributed by atoms with Crippen LogP contribution in [0.3, 0.4) is 0 Å². The van der Waals surface area contributed by atoms with Crippen LogP contribution in [0, 0.1) is 5.92 Å². The molecule has 1 amide bonds. The Morgan fingerprint density at radius 3 is 2.71 bits per heavy atom. The molecule has 1 heterocycles. The molecule has 1 aliphatic rings. The number of carbonyl (C=O) groups is 3. The van der Waals surface area contributed by atoms with Gasteiger partial charge in [0.2, 0.25) is 0 Å². The summed E-state index contributed by atoms with van der Waals surface area (Å²) < 4.78 is 9.73. The first-order valence-electron chi connectivity index (χ1n) is 8.46. The summed E-state index contributed by atoms with van der Waals surface area (Å²) in [6, 6.07) is 13.5. The molecule has 0 spiro atoms. The van der Waals surface area contributed by atoms with Crippen LogP contribution in [0.1, 0.15) is 10.4 Å². The monoisotopic (exact) mass is 398 g/mol. The fourth-order valence-electron chi connectivity index (χ4n) is 2.77. The minimum atomic E-state index is -0.409. The molecule has 0 aliphatic carbocycles. The second kappa shape index (κ2) is 9.18. The van der Waals surface area contributed by atoms with Gasteiger partial charge in [-0.25, -0.2) is 0 Å². The molecular weight excluding hydrogens is 380 g/mol. The molecule has 28 heavy (non-hydrogen) atoms. The smallest absolute Gasteiger partial charge is 0.315 e. The number of rotatable bonds is 6. The van der Waals surface area contributed by atoms with E-state index in [1.807, 2.05) is 0 Å². The average molecular weight is 398 g/mol.